The summed E-state index contributed by atoms with van der Waals surface area (Å²) in [7, 11) is 0. The second-order valence-electron chi connectivity index (χ2n) is 3.63. The molecular formula is C10H16N4O6. The molecule has 0 aromatic heterocycles. The number of carboxylic acids is 1. The van der Waals surface area contributed by atoms with Crippen molar-refractivity contribution in [1.29, 1.82) is 0 Å². The van der Waals surface area contributed by atoms with Gasteiger partial charge in [-0.1, -0.05) is 0 Å². The molecule has 0 aliphatic rings. The SMILES string of the molecule is CC(=O)NCC(=O)NCC(=O)NCC(=O)NCC(=O)O. The van der Waals surface area contributed by atoms with Crippen molar-refractivity contribution in [2.75, 3.05) is 26.2 Å². The molecule has 4 amide bonds. The van der Waals surface area contributed by atoms with Gasteiger partial charge >= 0.3 is 5.97 Å². The molecule has 20 heavy (non-hydrogen) atoms. The van der Waals surface area contributed by atoms with Crippen LogP contribution in [0.3, 0.4) is 0 Å². The second kappa shape index (κ2) is 9.30. The van der Waals surface area contributed by atoms with Gasteiger partial charge < -0.3 is 26.4 Å². The van der Waals surface area contributed by atoms with Gasteiger partial charge in [0.05, 0.1) is 19.6 Å². The fraction of sp³-hybridized carbons (Fsp3) is 0.500. The fourth-order valence-corrected chi connectivity index (χ4v) is 0.924. The molecule has 0 spiro atoms. The molecule has 0 heterocycles. The van der Waals surface area contributed by atoms with Gasteiger partial charge in [0.25, 0.3) is 0 Å². The van der Waals surface area contributed by atoms with E-state index in [1.807, 2.05) is 5.32 Å². The Kier molecular flexibility index (Phi) is 8.07. The zero-order valence-electron chi connectivity index (χ0n) is 10.8. The summed E-state index contributed by atoms with van der Waals surface area (Å²) >= 11 is 0. The van der Waals surface area contributed by atoms with Crippen LogP contribution in [0.5, 0.6) is 0 Å². The molecule has 0 aliphatic heterocycles. The number of rotatable bonds is 8. The predicted molar refractivity (Wildman–Crippen MR) is 65.3 cm³/mol. The Morgan fingerprint density at radius 3 is 1.40 bits per heavy atom. The first-order chi connectivity index (χ1) is 9.31. The van der Waals surface area contributed by atoms with E-state index in [-0.39, 0.29) is 19.0 Å². The third kappa shape index (κ3) is 10.5. The maximum absolute atomic E-state index is 11.2. The summed E-state index contributed by atoms with van der Waals surface area (Å²) in [6.45, 7) is -0.294. The summed E-state index contributed by atoms with van der Waals surface area (Å²) in [5, 5.41) is 17.0. The van der Waals surface area contributed by atoms with E-state index in [1.165, 1.54) is 6.92 Å². The molecule has 0 aliphatic carbocycles. The molecule has 112 valence electrons. The van der Waals surface area contributed by atoms with Gasteiger partial charge in [0.1, 0.15) is 6.54 Å². The topological polar surface area (TPSA) is 154 Å². The molecule has 10 nitrogen and oxygen atoms in total. The van der Waals surface area contributed by atoms with E-state index in [2.05, 4.69) is 16.0 Å². The smallest absolute Gasteiger partial charge is 0.322 e. The minimum Gasteiger partial charge on any atom is -0.480 e. The van der Waals surface area contributed by atoms with Gasteiger partial charge in [0.15, 0.2) is 0 Å². The molecule has 0 aromatic rings. The van der Waals surface area contributed by atoms with Gasteiger partial charge in [-0.05, 0) is 0 Å². The standard InChI is InChI=1S/C10H16N4O6/c1-6(15)11-2-7(16)12-3-8(17)13-4-9(18)14-5-10(19)20/h2-5H2,1H3,(H,11,15)(H,12,16)(H,13,17)(H,14,18)(H,19,20). The third-order valence-corrected chi connectivity index (χ3v) is 1.83. The fourth-order valence-electron chi connectivity index (χ4n) is 0.924. The number of nitrogens with one attached hydrogen (secondary N) is 4. The summed E-state index contributed by atoms with van der Waals surface area (Å²) < 4.78 is 0. The average molecular weight is 288 g/mol. The van der Waals surface area contributed by atoms with Crippen LogP contribution >= 0.6 is 0 Å². The first-order valence-electron chi connectivity index (χ1n) is 5.57. The van der Waals surface area contributed by atoms with Gasteiger partial charge in [0.2, 0.25) is 23.6 Å². The normalized spacial score (nSPS) is 9.25. The lowest BCUT2D eigenvalue weighted by molar-refractivity contribution is -0.137. The number of hydrogen-bond donors (Lipinski definition) is 5. The number of carbonyl (C=O) groups excluding carboxylic acids is 4. The van der Waals surface area contributed by atoms with Crippen LogP contribution in [0.1, 0.15) is 6.92 Å². The Bertz CT molecular complexity index is 373. The van der Waals surface area contributed by atoms with Crippen molar-refractivity contribution in [3.8, 4) is 0 Å². The van der Waals surface area contributed by atoms with Crippen molar-refractivity contribution in [3.63, 3.8) is 0 Å². The van der Waals surface area contributed by atoms with E-state index in [0.29, 0.717) is 0 Å². The maximum atomic E-state index is 11.2. The molecule has 0 atom stereocenters. The minimum atomic E-state index is -1.20. The van der Waals surface area contributed by atoms with E-state index in [0.717, 1.165) is 0 Å². The van der Waals surface area contributed by atoms with Crippen molar-refractivity contribution in [3.05, 3.63) is 0 Å². The third-order valence-electron chi connectivity index (χ3n) is 1.83. The van der Waals surface area contributed by atoms with Gasteiger partial charge in [-0.15, -0.1) is 0 Å². The van der Waals surface area contributed by atoms with E-state index >= 15 is 0 Å². The highest BCUT2D eigenvalue weighted by Gasteiger charge is 2.08. The van der Waals surface area contributed by atoms with Gasteiger partial charge in [-0.2, -0.15) is 0 Å². The number of hydrogen-bond acceptors (Lipinski definition) is 5. The molecule has 0 unspecified atom stereocenters. The second-order valence-corrected chi connectivity index (χ2v) is 3.63. The molecular weight excluding hydrogens is 272 g/mol. The Balaban J connectivity index is 3.73. The maximum Gasteiger partial charge on any atom is 0.322 e. The van der Waals surface area contributed by atoms with Crippen molar-refractivity contribution in [2.24, 2.45) is 0 Å². The molecule has 0 radical (unpaired) electrons. The van der Waals surface area contributed by atoms with Crippen LogP contribution in [-0.2, 0) is 24.0 Å². The van der Waals surface area contributed by atoms with Crippen molar-refractivity contribution >= 4 is 29.6 Å². The lowest BCUT2D eigenvalue weighted by atomic mass is 10.4. The highest BCUT2D eigenvalue weighted by Crippen LogP contribution is 1.70. The Labute approximate surface area is 114 Å². The van der Waals surface area contributed by atoms with E-state index in [4.69, 9.17) is 5.11 Å². The minimum absolute atomic E-state index is 0.248. The molecule has 10 heteroatoms. The van der Waals surface area contributed by atoms with E-state index in [1.54, 1.807) is 0 Å². The zero-order chi connectivity index (χ0) is 15.5. The summed E-state index contributed by atoms with van der Waals surface area (Å²) in [6.07, 6.45) is 0. The van der Waals surface area contributed by atoms with Crippen LogP contribution in [0.2, 0.25) is 0 Å². The summed E-state index contributed by atoms with van der Waals surface area (Å²) in [5.41, 5.74) is 0. The molecule has 0 bridgehead atoms. The van der Waals surface area contributed by atoms with Crippen molar-refractivity contribution < 1.29 is 29.1 Å². The highest BCUT2D eigenvalue weighted by molar-refractivity contribution is 5.90. The Morgan fingerprint density at radius 2 is 1.05 bits per heavy atom. The molecule has 0 saturated heterocycles. The number of aliphatic carboxylic acids is 1. The summed E-state index contributed by atoms with van der Waals surface area (Å²) in [4.78, 5) is 54.0. The lowest BCUT2D eigenvalue weighted by Crippen LogP contribution is -2.44. The predicted octanol–water partition coefficient (Wildman–Crippen LogP) is -3.44. The lowest BCUT2D eigenvalue weighted by Gasteiger charge is -2.07. The van der Waals surface area contributed by atoms with Crippen LogP contribution in [0.15, 0.2) is 0 Å². The number of amides is 4. The molecule has 0 saturated carbocycles. The first-order valence-corrected chi connectivity index (χ1v) is 5.57. The van der Waals surface area contributed by atoms with Gasteiger partial charge in [0, 0.05) is 6.92 Å². The monoisotopic (exact) mass is 288 g/mol. The van der Waals surface area contributed by atoms with E-state index < -0.39 is 36.8 Å². The van der Waals surface area contributed by atoms with Crippen molar-refractivity contribution in [1.82, 2.24) is 21.3 Å². The highest BCUT2D eigenvalue weighted by atomic mass is 16.4. The number of carboxylic acid groups (broad SMARTS) is 1. The van der Waals surface area contributed by atoms with Crippen molar-refractivity contribution in [2.45, 2.75) is 6.92 Å². The quantitative estimate of drug-likeness (QED) is 0.313. The molecule has 5 N–H and O–H groups in total. The Morgan fingerprint density at radius 1 is 0.700 bits per heavy atom. The largest absolute Gasteiger partial charge is 0.480 e. The molecule has 0 rings (SSSR count). The van der Waals surface area contributed by atoms with Crippen LogP contribution in [0, 0.1) is 0 Å². The number of carbonyl (C=O) groups is 5. The molecule has 0 aromatic carbocycles. The van der Waals surface area contributed by atoms with E-state index in [9.17, 15) is 24.0 Å². The summed E-state index contributed by atoms with van der Waals surface area (Å²) in [5.74, 6) is -3.41. The van der Waals surface area contributed by atoms with Crippen LogP contribution in [0.4, 0.5) is 0 Å². The Hall–Kier alpha value is -2.65. The van der Waals surface area contributed by atoms with Crippen LogP contribution in [-0.4, -0.2) is 60.9 Å². The molecule has 0 fully saturated rings. The first kappa shape index (κ1) is 17.4. The van der Waals surface area contributed by atoms with Crippen LogP contribution in [0.25, 0.3) is 0 Å². The van der Waals surface area contributed by atoms with Crippen LogP contribution < -0.4 is 21.3 Å². The summed E-state index contributed by atoms with van der Waals surface area (Å²) in [6, 6.07) is 0. The zero-order valence-corrected chi connectivity index (χ0v) is 10.8. The van der Waals surface area contributed by atoms with Gasteiger partial charge in [-0.25, -0.2) is 0 Å². The average Bonchev–Trinajstić information content (AvgIpc) is 2.37. The van der Waals surface area contributed by atoms with Gasteiger partial charge in [-0.3, -0.25) is 24.0 Å².